The number of rotatable bonds is 7. The van der Waals surface area contributed by atoms with E-state index in [-0.39, 0.29) is 6.04 Å². The molecule has 0 aliphatic rings. The second-order valence-electron chi connectivity index (χ2n) is 5.64. The zero-order valence-corrected chi connectivity index (χ0v) is 14.8. The number of nitrogens with zero attached hydrogens (tertiary/aromatic N) is 1. The first-order valence-electron chi connectivity index (χ1n) is 7.58. The minimum atomic E-state index is -3.44. The molecule has 0 saturated carbocycles. The number of hydrogen-bond donors (Lipinski definition) is 1. The fourth-order valence-electron chi connectivity index (χ4n) is 2.37. The molecule has 0 aromatic heterocycles. The van der Waals surface area contributed by atoms with Crippen molar-refractivity contribution < 1.29 is 8.42 Å². The molecule has 1 aromatic carbocycles. The lowest BCUT2D eigenvalue weighted by atomic mass is 10.1. The molecule has 0 aliphatic heterocycles. The third kappa shape index (κ3) is 3.98. The molecule has 0 radical (unpaired) electrons. The van der Waals surface area contributed by atoms with Crippen LogP contribution in [-0.4, -0.2) is 32.4 Å². The smallest absolute Gasteiger partial charge is 0.243 e. The molecule has 1 rings (SSSR count). The lowest BCUT2D eigenvalue weighted by Gasteiger charge is -2.25. The molecule has 0 spiro atoms. The van der Waals surface area contributed by atoms with Gasteiger partial charge in [-0.25, -0.2) is 8.42 Å². The van der Waals surface area contributed by atoms with Crippen LogP contribution in [0.4, 0.5) is 5.69 Å². The molecule has 1 unspecified atom stereocenters. The second-order valence-corrected chi connectivity index (χ2v) is 7.58. The van der Waals surface area contributed by atoms with Crippen molar-refractivity contribution in [1.29, 1.82) is 0 Å². The van der Waals surface area contributed by atoms with Crippen molar-refractivity contribution in [3.05, 3.63) is 23.3 Å². The van der Waals surface area contributed by atoms with Gasteiger partial charge in [0, 0.05) is 25.3 Å². The Balaban J connectivity index is 3.25. The molecule has 120 valence electrons. The molecule has 1 N–H and O–H groups in total. The van der Waals surface area contributed by atoms with Crippen LogP contribution in [0.5, 0.6) is 0 Å². The maximum atomic E-state index is 12.8. The molecule has 5 heteroatoms. The number of anilines is 1. The molecule has 0 fully saturated rings. The second kappa shape index (κ2) is 7.27. The Morgan fingerprint density at radius 1 is 1.19 bits per heavy atom. The van der Waals surface area contributed by atoms with Gasteiger partial charge in [-0.2, -0.15) is 4.31 Å². The Morgan fingerprint density at radius 3 is 2.14 bits per heavy atom. The molecule has 0 amide bonds. The quantitative estimate of drug-likeness (QED) is 0.837. The van der Waals surface area contributed by atoms with Crippen LogP contribution in [0.3, 0.4) is 0 Å². The molecular weight excluding hydrogens is 284 g/mol. The van der Waals surface area contributed by atoms with E-state index < -0.39 is 10.0 Å². The third-order valence-electron chi connectivity index (χ3n) is 3.89. The van der Waals surface area contributed by atoms with E-state index in [2.05, 4.69) is 12.2 Å². The van der Waals surface area contributed by atoms with Gasteiger partial charge in [-0.1, -0.05) is 13.8 Å². The van der Waals surface area contributed by atoms with Gasteiger partial charge in [0.1, 0.15) is 0 Å². The van der Waals surface area contributed by atoms with Crippen molar-refractivity contribution in [2.24, 2.45) is 0 Å². The highest BCUT2D eigenvalue weighted by Gasteiger charge is 2.27. The zero-order valence-electron chi connectivity index (χ0n) is 14.0. The summed E-state index contributed by atoms with van der Waals surface area (Å²) in [5, 5.41) is 3.31. The summed E-state index contributed by atoms with van der Waals surface area (Å²) in [6.07, 6.45) is 1.83. The maximum absolute atomic E-state index is 12.8. The summed E-state index contributed by atoms with van der Waals surface area (Å²) in [5.41, 5.74) is 2.57. The van der Waals surface area contributed by atoms with E-state index in [1.807, 2.05) is 39.8 Å². The van der Waals surface area contributed by atoms with Gasteiger partial charge in [0.2, 0.25) is 10.0 Å². The maximum Gasteiger partial charge on any atom is 0.243 e. The summed E-state index contributed by atoms with van der Waals surface area (Å²) in [6, 6.07) is 3.83. The lowest BCUT2D eigenvalue weighted by Crippen LogP contribution is -2.35. The van der Waals surface area contributed by atoms with Gasteiger partial charge in [0.05, 0.1) is 4.90 Å². The van der Waals surface area contributed by atoms with Crippen molar-refractivity contribution in [3.8, 4) is 0 Å². The van der Waals surface area contributed by atoms with E-state index in [9.17, 15) is 8.42 Å². The first kappa shape index (κ1) is 18.0. The van der Waals surface area contributed by atoms with Crippen molar-refractivity contribution in [2.75, 3.05) is 18.9 Å². The van der Waals surface area contributed by atoms with Crippen LogP contribution >= 0.6 is 0 Å². The zero-order chi connectivity index (χ0) is 16.2. The Hall–Kier alpha value is -1.07. The molecule has 0 saturated heterocycles. The SMILES string of the molecule is CCCNc1cc(C)c(S(=O)(=O)N(C)C(C)CC)c(C)c1. The van der Waals surface area contributed by atoms with Gasteiger partial charge in [0.25, 0.3) is 0 Å². The Kier molecular flexibility index (Phi) is 6.23. The summed E-state index contributed by atoms with van der Waals surface area (Å²) in [6.45, 7) is 10.6. The first-order chi connectivity index (χ1) is 9.75. The van der Waals surface area contributed by atoms with Crippen LogP contribution in [0.2, 0.25) is 0 Å². The lowest BCUT2D eigenvalue weighted by molar-refractivity contribution is 0.380. The number of sulfonamides is 1. The highest BCUT2D eigenvalue weighted by Crippen LogP contribution is 2.28. The van der Waals surface area contributed by atoms with E-state index in [0.29, 0.717) is 4.90 Å². The number of hydrogen-bond acceptors (Lipinski definition) is 3. The topological polar surface area (TPSA) is 49.4 Å². The monoisotopic (exact) mass is 312 g/mol. The Bertz CT molecular complexity index is 559. The van der Waals surface area contributed by atoms with Gasteiger partial charge in [0.15, 0.2) is 0 Å². The minimum Gasteiger partial charge on any atom is -0.385 e. The third-order valence-corrected chi connectivity index (χ3v) is 6.17. The average molecular weight is 312 g/mol. The molecule has 4 nitrogen and oxygen atoms in total. The summed E-state index contributed by atoms with van der Waals surface area (Å²) >= 11 is 0. The molecule has 1 aromatic rings. The standard InChI is InChI=1S/C16H28N2O2S/c1-7-9-17-15-10-12(3)16(13(4)11-15)21(19,20)18(6)14(5)8-2/h10-11,14,17H,7-9H2,1-6H3. The fourth-order valence-corrected chi connectivity index (χ4v) is 4.21. The van der Waals surface area contributed by atoms with Gasteiger partial charge in [-0.3, -0.25) is 0 Å². The van der Waals surface area contributed by atoms with Gasteiger partial charge in [-0.15, -0.1) is 0 Å². The molecule has 0 heterocycles. The number of aryl methyl sites for hydroxylation is 2. The normalized spacial score (nSPS) is 13.5. The highest BCUT2D eigenvalue weighted by atomic mass is 32.2. The van der Waals surface area contributed by atoms with Gasteiger partial charge in [-0.05, 0) is 56.9 Å². The molecular formula is C16H28N2O2S. The Labute approximate surface area is 129 Å². The largest absolute Gasteiger partial charge is 0.385 e. The molecule has 0 bridgehead atoms. The predicted octanol–water partition coefficient (Wildman–Crippen LogP) is 3.54. The van der Waals surface area contributed by atoms with Gasteiger partial charge < -0.3 is 5.32 Å². The minimum absolute atomic E-state index is 0.00769. The van der Waals surface area contributed by atoms with Gasteiger partial charge >= 0.3 is 0 Å². The van der Waals surface area contributed by atoms with E-state index >= 15 is 0 Å². The summed E-state index contributed by atoms with van der Waals surface area (Å²) in [5.74, 6) is 0. The van der Waals surface area contributed by atoms with E-state index in [4.69, 9.17) is 0 Å². The van der Waals surface area contributed by atoms with Crippen molar-refractivity contribution in [3.63, 3.8) is 0 Å². The van der Waals surface area contributed by atoms with Crippen LogP contribution in [0, 0.1) is 13.8 Å². The van der Waals surface area contributed by atoms with Crippen LogP contribution in [0.25, 0.3) is 0 Å². The van der Waals surface area contributed by atoms with Crippen LogP contribution in [0.1, 0.15) is 44.7 Å². The summed E-state index contributed by atoms with van der Waals surface area (Å²) in [4.78, 5) is 0.437. The fraction of sp³-hybridized carbons (Fsp3) is 0.625. The average Bonchev–Trinajstić information content (AvgIpc) is 2.42. The Morgan fingerprint density at radius 2 is 1.71 bits per heavy atom. The molecule has 0 aliphatic carbocycles. The molecule has 21 heavy (non-hydrogen) atoms. The van der Waals surface area contributed by atoms with Crippen molar-refractivity contribution in [2.45, 2.75) is 58.4 Å². The van der Waals surface area contributed by atoms with E-state index in [0.717, 1.165) is 36.2 Å². The van der Waals surface area contributed by atoms with Crippen molar-refractivity contribution >= 4 is 15.7 Å². The van der Waals surface area contributed by atoms with E-state index in [1.165, 1.54) is 4.31 Å². The van der Waals surface area contributed by atoms with Crippen LogP contribution in [-0.2, 0) is 10.0 Å². The summed E-state index contributed by atoms with van der Waals surface area (Å²) in [7, 11) is -1.79. The van der Waals surface area contributed by atoms with Crippen LogP contribution in [0.15, 0.2) is 17.0 Å². The predicted molar refractivity (Wildman–Crippen MR) is 89.4 cm³/mol. The molecule has 1 atom stereocenters. The number of benzene rings is 1. The van der Waals surface area contributed by atoms with E-state index in [1.54, 1.807) is 7.05 Å². The first-order valence-corrected chi connectivity index (χ1v) is 9.02. The van der Waals surface area contributed by atoms with Crippen molar-refractivity contribution in [1.82, 2.24) is 4.31 Å². The highest BCUT2D eigenvalue weighted by molar-refractivity contribution is 7.89. The number of nitrogens with one attached hydrogen (secondary N) is 1. The summed E-state index contributed by atoms with van der Waals surface area (Å²) < 4.78 is 27.1. The van der Waals surface area contributed by atoms with Crippen LogP contribution < -0.4 is 5.32 Å².